The number of aliphatic hydroxyl groups is 1. The molecule has 0 unspecified atom stereocenters. The van der Waals surface area contributed by atoms with Crippen molar-refractivity contribution < 1.29 is 14.6 Å². The number of carbonyl (C=O) groups excluding carboxylic acids is 1. The van der Waals surface area contributed by atoms with Crippen molar-refractivity contribution in [3.63, 3.8) is 0 Å². The molecule has 24 heavy (non-hydrogen) atoms. The predicted octanol–water partition coefficient (Wildman–Crippen LogP) is 1.23. The number of allylic oxidation sites excluding steroid dienone is 1. The van der Waals surface area contributed by atoms with E-state index in [-0.39, 0.29) is 17.3 Å². The smallest absolute Gasteiger partial charge is 0.239 e. The fourth-order valence-electron chi connectivity index (χ4n) is 2.03. The molecule has 9 nitrogen and oxygen atoms in total. The van der Waals surface area contributed by atoms with Gasteiger partial charge in [0.15, 0.2) is 5.76 Å². The van der Waals surface area contributed by atoms with Crippen LogP contribution in [0.1, 0.15) is 21.9 Å². The number of rotatable bonds is 6. The van der Waals surface area contributed by atoms with Crippen LogP contribution in [0.5, 0.6) is 5.75 Å². The molecule has 0 fully saturated rings. The molecule has 0 saturated carbocycles. The molecule has 2 N–H and O–H groups in total. The molecule has 3 rings (SSSR count). The van der Waals surface area contributed by atoms with Gasteiger partial charge >= 0.3 is 0 Å². The van der Waals surface area contributed by atoms with E-state index in [1.165, 1.54) is 0 Å². The molecule has 2 heterocycles. The van der Waals surface area contributed by atoms with E-state index in [0.29, 0.717) is 6.54 Å². The van der Waals surface area contributed by atoms with E-state index in [9.17, 15) is 9.90 Å². The maximum absolute atomic E-state index is 12.1. The number of hydrogen-bond acceptors (Lipinski definition) is 7. The SMILES string of the molecule is COc1ccc(Cn2ccc(C(=O)C=C(O)c3nn[nH]n3)n2)cc1. The normalized spacial score (nSPS) is 11.5. The number of ketones is 1. The summed E-state index contributed by atoms with van der Waals surface area (Å²) in [5.41, 5.74) is 1.22. The van der Waals surface area contributed by atoms with E-state index in [0.717, 1.165) is 17.4 Å². The standard InChI is InChI=1S/C15H14N6O3/c1-24-11-4-2-10(3-5-11)9-21-7-6-12(18-21)13(22)8-14(23)15-16-19-20-17-15/h2-8,23H,9H2,1H3,(H,16,17,19,20). The number of aromatic nitrogens is 6. The third kappa shape index (κ3) is 3.46. The molecular weight excluding hydrogens is 312 g/mol. The number of aliphatic hydroxyl groups excluding tert-OH is 1. The lowest BCUT2D eigenvalue weighted by Gasteiger charge is -2.03. The highest BCUT2D eigenvalue weighted by Gasteiger charge is 2.12. The van der Waals surface area contributed by atoms with Crippen molar-refractivity contribution >= 4 is 11.5 Å². The Morgan fingerprint density at radius 2 is 2.12 bits per heavy atom. The summed E-state index contributed by atoms with van der Waals surface area (Å²) in [6.45, 7) is 0.512. The van der Waals surface area contributed by atoms with Crippen molar-refractivity contribution in [3.8, 4) is 5.75 Å². The van der Waals surface area contributed by atoms with Crippen LogP contribution in [0, 0.1) is 0 Å². The van der Waals surface area contributed by atoms with Crippen LogP contribution in [-0.4, -0.2) is 48.4 Å². The number of H-pyrrole nitrogens is 1. The largest absolute Gasteiger partial charge is 0.504 e. The Morgan fingerprint density at radius 3 is 2.79 bits per heavy atom. The molecule has 0 atom stereocenters. The molecular formula is C15H14N6O3. The van der Waals surface area contributed by atoms with Gasteiger partial charge in [0.25, 0.3) is 0 Å². The molecule has 0 aliphatic carbocycles. The lowest BCUT2D eigenvalue weighted by Crippen LogP contribution is -2.04. The summed E-state index contributed by atoms with van der Waals surface area (Å²) in [6, 6.07) is 9.13. The van der Waals surface area contributed by atoms with Gasteiger partial charge in [-0.1, -0.05) is 12.1 Å². The first-order valence-corrected chi connectivity index (χ1v) is 7.01. The van der Waals surface area contributed by atoms with Gasteiger partial charge in [-0.3, -0.25) is 9.48 Å². The molecule has 3 aromatic rings. The van der Waals surface area contributed by atoms with Crippen LogP contribution in [0.3, 0.4) is 0 Å². The monoisotopic (exact) mass is 326 g/mol. The third-order valence-electron chi connectivity index (χ3n) is 3.24. The van der Waals surface area contributed by atoms with Gasteiger partial charge in [-0.05, 0) is 29.0 Å². The highest BCUT2D eigenvalue weighted by Crippen LogP contribution is 2.12. The molecule has 0 amide bonds. The van der Waals surface area contributed by atoms with Crippen molar-refractivity contribution in [1.29, 1.82) is 0 Å². The Morgan fingerprint density at radius 1 is 1.33 bits per heavy atom. The quantitative estimate of drug-likeness (QED) is 0.397. The first kappa shape index (κ1) is 15.4. The van der Waals surface area contributed by atoms with E-state index in [1.54, 1.807) is 24.1 Å². The number of carbonyl (C=O) groups is 1. The minimum absolute atomic E-state index is 0.0546. The average molecular weight is 326 g/mol. The zero-order chi connectivity index (χ0) is 16.9. The molecule has 9 heteroatoms. The molecule has 1 aromatic carbocycles. The van der Waals surface area contributed by atoms with E-state index < -0.39 is 5.78 Å². The van der Waals surface area contributed by atoms with Gasteiger partial charge in [-0.15, -0.1) is 10.2 Å². The second-order valence-electron chi connectivity index (χ2n) is 4.88. The summed E-state index contributed by atoms with van der Waals surface area (Å²) < 4.78 is 6.74. The molecule has 0 bridgehead atoms. The van der Waals surface area contributed by atoms with Gasteiger partial charge in [-0.2, -0.15) is 10.3 Å². The second kappa shape index (κ2) is 6.73. The Balaban J connectivity index is 1.70. The highest BCUT2D eigenvalue weighted by molar-refractivity contribution is 6.06. The maximum atomic E-state index is 12.1. The van der Waals surface area contributed by atoms with Crippen molar-refractivity contribution in [2.75, 3.05) is 7.11 Å². The van der Waals surface area contributed by atoms with E-state index in [4.69, 9.17) is 4.74 Å². The lowest BCUT2D eigenvalue weighted by atomic mass is 10.2. The summed E-state index contributed by atoms with van der Waals surface area (Å²) >= 11 is 0. The summed E-state index contributed by atoms with van der Waals surface area (Å²) in [5, 5.41) is 26.6. The molecule has 0 saturated heterocycles. The second-order valence-corrected chi connectivity index (χ2v) is 4.88. The lowest BCUT2D eigenvalue weighted by molar-refractivity contribution is 0.104. The molecule has 0 radical (unpaired) electrons. The number of tetrazole rings is 1. The Bertz CT molecular complexity index is 852. The summed E-state index contributed by atoms with van der Waals surface area (Å²) in [6.07, 6.45) is 2.70. The van der Waals surface area contributed by atoms with Gasteiger partial charge in [0.2, 0.25) is 11.6 Å². The van der Waals surface area contributed by atoms with Gasteiger partial charge in [0.05, 0.1) is 13.7 Å². The van der Waals surface area contributed by atoms with Crippen molar-refractivity contribution in [3.05, 3.63) is 59.7 Å². The van der Waals surface area contributed by atoms with E-state index >= 15 is 0 Å². The Hall–Kier alpha value is -3.49. The summed E-state index contributed by atoms with van der Waals surface area (Å²) in [4.78, 5) is 12.1. The van der Waals surface area contributed by atoms with Gasteiger partial charge < -0.3 is 9.84 Å². The number of aromatic amines is 1. The molecule has 0 aliphatic rings. The minimum atomic E-state index is -0.453. The van der Waals surface area contributed by atoms with Gasteiger partial charge in [-0.25, -0.2) is 0 Å². The van der Waals surface area contributed by atoms with Crippen molar-refractivity contribution in [2.45, 2.75) is 6.54 Å². The van der Waals surface area contributed by atoms with Crippen LogP contribution in [-0.2, 0) is 6.54 Å². The first-order chi connectivity index (χ1) is 11.7. The summed E-state index contributed by atoms with van der Waals surface area (Å²) in [7, 11) is 1.61. The van der Waals surface area contributed by atoms with Crippen molar-refractivity contribution in [1.82, 2.24) is 30.4 Å². The topological polar surface area (TPSA) is 119 Å². The number of benzene rings is 1. The fraction of sp³-hybridized carbons (Fsp3) is 0.133. The Kier molecular flexibility index (Phi) is 4.32. The minimum Gasteiger partial charge on any atom is -0.504 e. The number of ether oxygens (including phenoxy) is 1. The van der Waals surface area contributed by atoms with Gasteiger partial charge in [0, 0.05) is 12.3 Å². The van der Waals surface area contributed by atoms with Crippen LogP contribution >= 0.6 is 0 Å². The zero-order valence-electron chi connectivity index (χ0n) is 12.7. The average Bonchev–Trinajstić information content (AvgIpc) is 3.27. The third-order valence-corrected chi connectivity index (χ3v) is 3.24. The molecule has 0 spiro atoms. The molecule has 2 aromatic heterocycles. The highest BCUT2D eigenvalue weighted by atomic mass is 16.5. The predicted molar refractivity (Wildman–Crippen MR) is 83.4 cm³/mol. The number of nitrogens with one attached hydrogen (secondary N) is 1. The van der Waals surface area contributed by atoms with E-state index in [1.807, 2.05) is 24.3 Å². The molecule has 0 aliphatic heterocycles. The number of methoxy groups -OCH3 is 1. The van der Waals surface area contributed by atoms with Crippen molar-refractivity contribution in [2.24, 2.45) is 0 Å². The van der Waals surface area contributed by atoms with Crippen LogP contribution in [0.2, 0.25) is 0 Å². The number of nitrogens with zero attached hydrogens (tertiary/aromatic N) is 5. The fourth-order valence-corrected chi connectivity index (χ4v) is 2.03. The maximum Gasteiger partial charge on any atom is 0.239 e. The van der Waals surface area contributed by atoms with Crippen LogP contribution in [0.25, 0.3) is 5.76 Å². The van der Waals surface area contributed by atoms with E-state index in [2.05, 4.69) is 25.7 Å². The van der Waals surface area contributed by atoms with Crippen LogP contribution < -0.4 is 4.74 Å². The molecule has 122 valence electrons. The zero-order valence-corrected chi connectivity index (χ0v) is 12.7. The first-order valence-electron chi connectivity index (χ1n) is 7.01. The Labute approximate surface area is 136 Å². The van der Waals surface area contributed by atoms with Crippen LogP contribution in [0.4, 0.5) is 0 Å². The summed E-state index contributed by atoms with van der Waals surface area (Å²) in [5.74, 6) is -0.109. The van der Waals surface area contributed by atoms with Gasteiger partial charge in [0.1, 0.15) is 11.4 Å². The van der Waals surface area contributed by atoms with Crippen LogP contribution in [0.15, 0.2) is 42.6 Å². The number of hydrogen-bond donors (Lipinski definition) is 2.